The van der Waals surface area contributed by atoms with Crippen LogP contribution in [0, 0.1) is 19.3 Å². The molecule has 0 bridgehead atoms. The number of anilines is 1. The van der Waals surface area contributed by atoms with Gasteiger partial charge in [-0.15, -0.1) is 0 Å². The molecule has 4 aromatic rings. The van der Waals surface area contributed by atoms with E-state index in [9.17, 15) is 27.6 Å². The lowest BCUT2D eigenvalue weighted by Crippen LogP contribution is -2.35. The Labute approximate surface area is 312 Å². The number of hydrogen-bond acceptors (Lipinski definition) is 12. The largest absolute Gasteiger partial charge is 0.478 e. The highest BCUT2D eigenvalue weighted by Crippen LogP contribution is 2.36. The summed E-state index contributed by atoms with van der Waals surface area (Å²) in [5, 5.41) is 11.2. The second-order valence-corrected chi connectivity index (χ2v) is 14.9. The van der Waals surface area contributed by atoms with Crippen molar-refractivity contribution in [1.82, 2.24) is 29.0 Å². The molecule has 1 aliphatic rings. The van der Waals surface area contributed by atoms with Crippen molar-refractivity contribution in [1.29, 1.82) is 0 Å². The topological polar surface area (TPSA) is 223 Å². The summed E-state index contributed by atoms with van der Waals surface area (Å²) in [6.45, 7) is 15.1. The molecule has 3 N–H and O–H groups in total. The Morgan fingerprint density at radius 2 is 1.56 bits per heavy atom. The summed E-state index contributed by atoms with van der Waals surface area (Å²) < 4.78 is 45.9. The van der Waals surface area contributed by atoms with Crippen LogP contribution >= 0.6 is 0 Å². The molecule has 2 aromatic carbocycles. The van der Waals surface area contributed by atoms with Gasteiger partial charge in [0.1, 0.15) is 16.3 Å². The standard InChI is InChI=1S/C23H32N2O4.C13H13N5O6S/c1-7-16-13-15(3)14-17(8-2)18(16)19-20(26)24-9-11-28-12-10-25(24)21(19)29-22(27)23(4,5)6;1-7-14-11(17-13(15-7)24-2)16-12(21)18-25(22,23)9-6-4-3-5-8(9)10(19)20/h13-14H,7-12H2,1-6H3;3-6H,1-2H3,(H,19,20)(H2,14,15,16,17,18,21). The van der Waals surface area contributed by atoms with Crippen LogP contribution in [0.3, 0.4) is 0 Å². The summed E-state index contributed by atoms with van der Waals surface area (Å²) in [5.41, 5.74) is 3.51. The number of amides is 2. The zero-order chi connectivity index (χ0) is 40.0. The fraction of sp³-hybridized carbons (Fsp3) is 0.417. The molecule has 54 heavy (non-hydrogen) atoms. The van der Waals surface area contributed by atoms with Gasteiger partial charge < -0.3 is 19.3 Å². The van der Waals surface area contributed by atoms with Gasteiger partial charge in [-0.05, 0) is 76.3 Å². The Morgan fingerprint density at radius 1 is 0.944 bits per heavy atom. The molecule has 17 nitrogen and oxygen atoms in total. The molecule has 290 valence electrons. The molecule has 0 atom stereocenters. The van der Waals surface area contributed by atoms with Gasteiger partial charge in [0.05, 0.1) is 44.4 Å². The van der Waals surface area contributed by atoms with Crippen LogP contribution in [0.25, 0.3) is 11.1 Å². The smallest absolute Gasteiger partial charge is 0.337 e. The van der Waals surface area contributed by atoms with Crippen molar-refractivity contribution in [3.05, 3.63) is 74.8 Å². The van der Waals surface area contributed by atoms with Gasteiger partial charge in [0.2, 0.25) is 11.8 Å². The number of fused-ring (bicyclic) bond motifs is 1. The van der Waals surface area contributed by atoms with E-state index < -0.39 is 37.9 Å². The number of methoxy groups -OCH3 is 1. The van der Waals surface area contributed by atoms with Gasteiger partial charge in [0.25, 0.3) is 15.6 Å². The molecule has 0 radical (unpaired) electrons. The molecule has 0 unspecified atom stereocenters. The highest BCUT2D eigenvalue weighted by Gasteiger charge is 2.32. The SMILES string of the molecule is CCc1cc(C)cc(CC)c1-c1c(OC(=O)C(C)(C)C)n2n(c1=O)CCOCC2.COc1nc(C)nc(NC(=O)NS(=O)(=O)c2ccccc2C(=O)O)n1. The Kier molecular flexibility index (Phi) is 13.0. The van der Waals surface area contributed by atoms with Crippen molar-refractivity contribution in [2.45, 2.75) is 79.3 Å². The number of carboxylic acids is 1. The van der Waals surface area contributed by atoms with Crippen LogP contribution in [0.5, 0.6) is 11.9 Å². The first-order valence-corrected chi connectivity index (χ1v) is 18.6. The predicted octanol–water partition coefficient (Wildman–Crippen LogP) is 4.13. The number of esters is 1. The third kappa shape index (κ3) is 9.48. The lowest BCUT2D eigenvalue weighted by Gasteiger charge is -2.19. The van der Waals surface area contributed by atoms with Crippen molar-refractivity contribution in [3.8, 4) is 23.0 Å². The second kappa shape index (κ2) is 17.0. The zero-order valence-electron chi connectivity index (χ0n) is 31.5. The fourth-order valence-corrected chi connectivity index (χ4v) is 6.69. The number of nitrogens with zero attached hydrogens (tertiary/aromatic N) is 5. The van der Waals surface area contributed by atoms with Crippen LogP contribution in [0.1, 0.15) is 67.5 Å². The van der Waals surface area contributed by atoms with Gasteiger partial charge >= 0.3 is 24.0 Å². The molecule has 0 saturated heterocycles. The molecule has 0 saturated carbocycles. The number of carbonyl (C=O) groups excluding carboxylic acids is 2. The van der Waals surface area contributed by atoms with E-state index in [4.69, 9.17) is 19.3 Å². The number of aromatic carboxylic acids is 1. The quantitative estimate of drug-likeness (QED) is 0.204. The molecule has 5 rings (SSSR count). The van der Waals surface area contributed by atoms with E-state index in [-0.39, 0.29) is 29.3 Å². The van der Waals surface area contributed by atoms with E-state index >= 15 is 0 Å². The molecule has 0 spiro atoms. The number of carboxylic acid groups (broad SMARTS) is 1. The second-order valence-electron chi connectivity index (χ2n) is 13.2. The average molecular weight is 768 g/mol. The molecule has 18 heteroatoms. The fourth-order valence-electron chi connectivity index (χ4n) is 5.58. The Morgan fingerprint density at radius 3 is 2.13 bits per heavy atom. The number of aryl methyl sites for hydroxylation is 4. The molecular weight excluding hydrogens is 723 g/mol. The van der Waals surface area contributed by atoms with Crippen LogP contribution in [0.2, 0.25) is 0 Å². The number of aromatic nitrogens is 5. The Hall–Kier alpha value is -5.62. The van der Waals surface area contributed by atoms with Gasteiger partial charge in [0.15, 0.2) is 0 Å². The first-order chi connectivity index (χ1) is 25.4. The molecular formula is C36H45N7O10S. The van der Waals surface area contributed by atoms with Crippen LogP contribution in [0.15, 0.2) is 46.1 Å². The van der Waals surface area contributed by atoms with Crippen molar-refractivity contribution in [3.63, 3.8) is 0 Å². The minimum atomic E-state index is -4.43. The van der Waals surface area contributed by atoms with Crippen molar-refractivity contribution in [2.75, 3.05) is 25.6 Å². The number of benzene rings is 2. The normalized spacial score (nSPS) is 12.7. The first-order valence-electron chi connectivity index (χ1n) is 17.1. The number of hydrogen-bond donors (Lipinski definition) is 3. The van der Waals surface area contributed by atoms with Crippen LogP contribution in [0.4, 0.5) is 10.7 Å². The summed E-state index contributed by atoms with van der Waals surface area (Å²) in [6.07, 6.45) is 1.59. The maximum absolute atomic E-state index is 13.5. The van der Waals surface area contributed by atoms with Crippen molar-refractivity contribution < 1.29 is 42.1 Å². The summed E-state index contributed by atoms with van der Waals surface area (Å²) in [6, 6.07) is 7.88. The maximum atomic E-state index is 13.5. The molecule has 3 heterocycles. The lowest BCUT2D eigenvalue weighted by atomic mass is 9.91. The van der Waals surface area contributed by atoms with E-state index in [1.54, 1.807) is 14.1 Å². The molecule has 0 aliphatic carbocycles. The predicted molar refractivity (Wildman–Crippen MR) is 197 cm³/mol. The Bertz CT molecular complexity index is 2200. The minimum absolute atomic E-state index is 0.0677. The average Bonchev–Trinajstić information content (AvgIpc) is 3.23. The first kappa shape index (κ1) is 41.1. The van der Waals surface area contributed by atoms with E-state index in [1.165, 1.54) is 31.7 Å². The summed E-state index contributed by atoms with van der Waals surface area (Å²) in [5.74, 6) is -1.45. The van der Waals surface area contributed by atoms with Gasteiger partial charge in [0, 0.05) is 0 Å². The van der Waals surface area contributed by atoms with Gasteiger partial charge in [-0.2, -0.15) is 15.0 Å². The summed E-state index contributed by atoms with van der Waals surface area (Å²) in [7, 11) is -3.11. The summed E-state index contributed by atoms with van der Waals surface area (Å²) in [4.78, 5) is 60.1. The zero-order valence-corrected chi connectivity index (χ0v) is 32.3. The van der Waals surface area contributed by atoms with E-state index in [1.807, 2.05) is 20.8 Å². The number of urea groups is 1. The molecule has 2 aromatic heterocycles. The molecule has 2 amide bonds. The third-order valence-corrected chi connectivity index (χ3v) is 9.50. The molecule has 0 fully saturated rings. The highest BCUT2D eigenvalue weighted by molar-refractivity contribution is 7.90. The highest BCUT2D eigenvalue weighted by atomic mass is 32.2. The monoisotopic (exact) mass is 767 g/mol. The van der Waals surface area contributed by atoms with E-state index in [2.05, 4.69) is 53.2 Å². The molecule has 1 aliphatic heterocycles. The van der Waals surface area contributed by atoms with Crippen molar-refractivity contribution >= 4 is 33.9 Å². The van der Waals surface area contributed by atoms with E-state index in [0.717, 1.165) is 41.7 Å². The Balaban J connectivity index is 0.000000244. The number of ether oxygens (including phenoxy) is 3. The third-order valence-electron chi connectivity index (χ3n) is 8.11. The van der Waals surface area contributed by atoms with Crippen LogP contribution < -0.4 is 25.1 Å². The van der Waals surface area contributed by atoms with Crippen LogP contribution in [-0.2, 0) is 45.5 Å². The van der Waals surface area contributed by atoms with Gasteiger partial charge in [-0.25, -0.2) is 32.1 Å². The van der Waals surface area contributed by atoms with Gasteiger partial charge in [-0.1, -0.05) is 43.7 Å². The number of nitrogens with one attached hydrogen (secondary N) is 2. The van der Waals surface area contributed by atoms with Gasteiger partial charge in [-0.3, -0.25) is 14.9 Å². The number of carbonyl (C=O) groups is 3. The lowest BCUT2D eigenvalue weighted by molar-refractivity contribution is -0.143. The summed E-state index contributed by atoms with van der Waals surface area (Å²) >= 11 is 0. The number of rotatable bonds is 9. The number of sulfonamides is 1. The minimum Gasteiger partial charge on any atom is -0.478 e. The van der Waals surface area contributed by atoms with E-state index in [0.29, 0.717) is 37.7 Å². The van der Waals surface area contributed by atoms with Crippen LogP contribution in [-0.4, -0.2) is 76.1 Å². The maximum Gasteiger partial charge on any atom is 0.337 e. The van der Waals surface area contributed by atoms with Crippen molar-refractivity contribution in [2.24, 2.45) is 5.41 Å².